The lowest BCUT2D eigenvalue weighted by atomic mass is 9.92. The first kappa shape index (κ1) is 16.7. The monoisotopic (exact) mass is 328 g/mol. The molecule has 2 unspecified atom stereocenters. The van der Waals surface area contributed by atoms with E-state index < -0.39 is 0 Å². The average molecular weight is 328 g/mol. The smallest absolute Gasteiger partial charge is 0.224 e. The largest absolute Gasteiger partial charge is 0.391 e. The van der Waals surface area contributed by atoms with Crippen molar-refractivity contribution in [2.24, 2.45) is 5.16 Å². The van der Waals surface area contributed by atoms with E-state index in [1.807, 2.05) is 13.0 Å². The number of nitrogens with zero attached hydrogens (tertiary/aromatic N) is 1. The summed E-state index contributed by atoms with van der Waals surface area (Å²) in [5.74, 6) is 0.255. The number of amides is 1. The lowest BCUT2D eigenvalue weighted by molar-refractivity contribution is -0.124. The molecule has 0 saturated heterocycles. The van der Waals surface area contributed by atoms with E-state index in [1.54, 1.807) is 0 Å². The molecule has 2 atom stereocenters. The summed E-state index contributed by atoms with van der Waals surface area (Å²) in [5.41, 5.74) is 3.16. The summed E-state index contributed by atoms with van der Waals surface area (Å²) in [5, 5.41) is 7.15. The summed E-state index contributed by atoms with van der Waals surface area (Å²) in [7, 11) is 0. The lowest BCUT2D eigenvalue weighted by Gasteiger charge is -2.18. The molecule has 0 spiro atoms. The Balaban J connectivity index is 1.46. The van der Waals surface area contributed by atoms with Gasteiger partial charge in [-0.15, -0.1) is 0 Å². The van der Waals surface area contributed by atoms with Gasteiger partial charge in [-0.2, -0.15) is 0 Å². The number of carbonyl (C=O) groups excluding carboxylic acids is 2. The Morgan fingerprint density at radius 2 is 2.25 bits per heavy atom. The Labute approximate surface area is 142 Å². The fraction of sp³-hybridized carbons (Fsp3) is 0.526. The van der Waals surface area contributed by atoms with Crippen molar-refractivity contribution in [3.05, 3.63) is 35.5 Å². The summed E-state index contributed by atoms with van der Waals surface area (Å²) >= 11 is 0. The Morgan fingerprint density at radius 3 is 2.96 bits per heavy atom. The molecular weight excluding hydrogens is 304 g/mol. The fourth-order valence-electron chi connectivity index (χ4n) is 3.25. The molecule has 0 aromatic heterocycles. The molecular formula is C19H24N2O3. The van der Waals surface area contributed by atoms with Crippen molar-refractivity contribution in [1.29, 1.82) is 0 Å². The van der Waals surface area contributed by atoms with E-state index in [1.165, 1.54) is 0 Å². The van der Waals surface area contributed by atoms with E-state index in [2.05, 4.69) is 28.7 Å². The van der Waals surface area contributed by atoms with Gasteiger partial charge in [0.15, 0.2) is 0 Å². The maximum Gasteiger partial charge on any atom is 0.224 e. The number of carbonyl (C=O) groups is 2. The number of hydrogen-bond donors (Lipinski definition) is 1. The van der Waals surface area contributed by atoms with E-state index in [-0.39, 0.29) is 23.8 Å². The molecule has 1 amide bonds. The Hall–Kier alpha value is -2.17. The number of ketones is 1. The van der Waals surface area contributed by atoms with Crippen LogP contribution in [0.5, 0.6) is 0 Å². The average Bonchev–Trinajstić information content (AvgIpc) is 3.04. The second-order valence-corrected chi connectivity index (χ2v) is 6.62. The Bertz CT molecular complexity index is 643. The number of nitrogens with one attached hydrogen (secondary N) is 1. The van der Waals surface area contributed by atoms with Gasteiger partial charge in [-0.3, -0.25) is 9.59 Å². The van der Waals surface area contributed by atoms with Crippen LogP contribution in [-0.2, 0) is 14.4 Å². The third-order valence-corrected chi connectivity index (χ3v) is 4.67. The van der Waals surface area contributed by atoms with E-state index in [4.69, 9.17) is 4.84 Å². The minimum atomic E-state index is -0.207. The number of rotatable bonds is 5. The topological polar surface area (TPSA) is 67.8 Å². The van der Waals surface area contributed by atoms with Crippen LogP contribution >= 0.6 is 0 Å². The highest BCUT2D eigenvalue weighted by atomic mass is 16.6. The van der Waals surface area contributed by atoms with Crippen LogP contribution in [0.2, 0.25) is 0 Å². The predicted octanol–water partition coefficient (Wildman–Crippen LogP) is 2.98. The van der Waals surface area contributed by atoms with E-state index in [0.717, 1.165) is 36.1 Å². The minimum Gasteiger partial charge on any atom is -0.391 e. The fourth-order valence-corrected chi connectivity index (χ4v) is 3.25. The van der Waals surface area contributed by atoms with Crippen molar-refractivity contribution in [3.8, 4) is 0 Å². The van der Waals surface area contributed by atoms with Crippen LogP contribution in [0.4, 0.5) is 0 Å². The number of oxime groups is 1. The van der Waals surface area contributed by atoms with Crippen molar-refractivity contribution in [1.82, 2.24) is 5.32 Å². The van der Waals surface area contributed by atoms with E-state index in [0.29, 0.717) is 25.7 Å². The van der Waals surface area contributed by atoms with Crippen LogP contribution < -0.4 is 5.32 Å². The first-order valence-corrected chi connectivity index (χ1v) is 8.71. The molecule has 5 heteroatoms. The molecule has 2 aliphatic carbocycles. The third-order valence-electron chi connectivity index (χ3n) is 4.67. The van der Waals surface area contributed by atoms with Crippen molar-refractivity contribution in [2.75, 3.05) is 0 Å². The molecule has 1 heterocycles. The molecule has 0 aromatic carbocycles. The highest BCUT2D eigenvalue weighted by Gasteiger charge is 2.27. The molecule has 0 saturated carbocycles. The molecule has 0 fully saturated rings. The summed E-state index contributed by atoms with van der Waals surface area (Å²) in [6, 6.07) is 0.0166. The van der Waals surface area contributed by atoms with Gasteiger partial charge in [0, 0.05) is 19.3 Å². The molecule has 5 nitrogen and oxygen atoms in total. The summed E-state index contributed by atoms with van der Waals surface area (Å²) in [6.45, 7) is 2.00. The van der Waals surface area contributed by atoms with E-state index in [9.17, 15) is 9.59 Å². The van der Waals surface area contributed by atoms with Crippen molar-refractivity contribution < 1.29 is 14.4 Å². The summed E-state index contributed by atoms with van der Waals surface area (Å²) in [6.07, 6.45) is 13.0. The summed E-state index contributed by atoms with van der Waals surface area (Å²) < 4.78 is 0. The lowest BCUT2D eigenvalue weighted by Crippen LogP contribution is -2.35. The van der Waals surface area contributed by atoms with Gasteiger partial charge in [-0.05, 0) is 37.3 Å². The molecule has 1 N–H and O–H groups in total. The van der Waals surface area contributed by atoms with E-state index >= 15 is 0 Å². The van der Waals surface area contributed by atoms with Gasteiger partial charge in [-0.25, -0.2) is 0 Å². The van der Waals surface area contributed by atoms with Gasteiger partial charge in [0.1, 0.15) is 11.9 Å². The Kier molecular flexibility index (Phi) is 5.28. The summed E-state index contributed by atoms with van der Waals surface area (Å²) in [4.78, 5) is 28.9. The SMILES string of the molecule is CC(NC(=O)CC1CC(C2=CCC(=O)CC2)=NO1)C1=CCCC=C1. The predicted molar refractivity (Wildman–Crippen MR) is 92.5 cm³/mol. The third kappa shape index (κ3) is 4.22. The van der Waals surface area contributed by atoms with Gasteiger partial charge in [0.2, 0.25) is 5.91 Å². The molecule has 24 heavy (non-hydrogen) atoms. The van der Waals surface area contributed by atoms with Gasteiger partial charge >= 0.3 is 0 Å². The molecule has 3 aliphatic rings. The van der Waals surface area contributed by atoms with Crippen molar-refractivity contribution >= 4 is 17.4 Å². The maximum absolute atomic E-state index is 12.2. The van der Waals surface area contributed by atoms with Gasteiger partial charge < -0.3 is 10.2 Å². The van der Waals surface area contributed by atoms with Gasteiger partial charge in [0.05, 0.1) is 18.2 Å². The zero-order valence-corrected chi connectivity index (χ0v) is 14.1. The molecule has 0 aromatic rings. The molecule has 128 valence electrons. The first-order valence-electron chi connectivity index (χ1n) is 8.71. The normalized spacial score (nSPS) is 24.6. The van der Waals surface area contributed by atoms with Crippen LogP contribution in [0.3, 0.4) is 0 Å². The highest BCUT2D eigenvalue weighted by Crippen LogP contribution is 2.24. The number of Topliss-reactive ketones (excluding diaryl/α,β-unsaturated/α-hetero) is 1. The van der Waals surface area contributed by atoms with Crippen LogP contribution in [0.25, 0.3) is 0 Å². The van der Waals surface area contributed by atoms with Crippen molar-refractivity contribution in [2.45, 2.75) is 64.0 Å². The highest BCUT2D eigenvalue weighted by molar-refractivity contribution is 6.03. The van der Waals surface area contributed by atoms with Gasteiger partial charge in [0.25, 0.3) is 0 Å². The molecule has 1 aliphatic heterocycles. The second kappa shape index (κ2) is 7.60. The molecule has 3 rings (SSSR count). The van der Waals surface area contributed by atoms with Gasteiger partial charge in [-0.1, -0.05) is 29.5 Å². The molecule has 0 bridgehead atoms. The quantitative estimate of drug-likeness (QED) is 0.843. The van der Waals surface area contributed by atoms with Crippen LogP contribution in [-0.4, -0.2) is 29.5 Å². The zero-order chi connectivity index (χ0) is 16.9. The van der Waals surface area contributed by atoms with Crippen LogP contribution in [0, 0.1) is 0 Å². The standard InChI is InChI=1S/C19H24N2O3/c1-13(14-5-3-2-4-6-14)20-19(23)12-17-11-18(21-24-17)15-7-9-16(22)10-8-15/h3,5-7,13,17H,2,4,8-12H2,1H3,(H,20,23). The maximum atomic E-state index is 12.2. The number of allylic oxidation sites excluding steroid dienone is 4. The minimum absolute atomic E-state index is 0.0166. The molecule has 0 radical (unpaired) electrons. The zero-order valence-electron chi connectivity index (χ0n) is 14.1. The number of hydrogen-bond acceptors (Lipinski definition) is 4. The first-order chi connectivity index (χ1) is 11.6. The van der Waals surface area contributed by atoms with Crippen molar-refractivity contribution in [3.63, 3.8) is 0 Å². The second-order valence-electron chi connectivity index (χ2n) is 6.62. The van der Waals surface area contributed by atoms with Crippen LogP contribution in [0.15, 0.2) is 40.6 Å². The van der Waals surface area contributed by atoms with Crippen LogP contribution in [0.1, 0.15) is 51.9 Å². The Morgan fingerprint density at radius 1 is 1.38 bits per heavy atom.